The fraction of sp³-hybridized carbons (Fsp3) is 0.314. The first-order valence-corrected chi connectivity index (χ1v) is 25.7. The minimum atomic E-state index is -3.90. The van der Waals surface area contributed by atoms with Crippen molar-refractivity contribution in [2.24, 2.45) is 11.8 Å². The number of hydrogen-bond acceptors (Lipinski definition) is 11. The van der Waals surface area contributed by atoms with E-state index in [1.165, 1.54) is 0 Å². The van der Waals surface area contributed by atoms with Gasteiger partial charge in [0.1, 0.15) is 5.60 Å². The van der Waals surface area contributed by atoms with Gasteiger partial charge in [0.25, 0.3) is 20.0 Å². The summed E-state index contributed by atoms with van der Waals surface area (Å²) < 4.78 is 62.1. The summed E-state index contributed by atoms with van der Waals surface area (Å²) in [4.78, 5) is 14.6. The van der Waals surface area contributed by atoms with E-state index in [2.05, 4.69) is 26.1 Å². The van der Waals surface area contributed by atoms with Gasteiger partial charge in [0.2, 0.25) is 0 Å². The quantitative estimate of drug-likeness (QED) is 0.119. The van der Waals surface area contributed by atoms with E-state index in [0.29, 0.717) is 46.7 Å². The van der Waals surface area contributed by atoms with Crippen molar-refractivity contribution >= 4 is 118 Å². The standard InChI is InChI=1S/C28H32N4O4S.C23H24N4O2S.3ClH/c1-28(2,3)36-27(33)31-15-13-20(14-16-31)18-29-23-12-11-22-19-30-32(25(22)17-23)37(34,35)26-10-6-8-21-7-4-5-9-24(21)26;28-30(29,23-7-3-5-18-4-1-2-6-21(18)23)27-22-14-20(9-8-19(22)16-26-27)25-15-17-10-12-24-13-11-17;;;/h4-12,17,19-20,29H,13-16,18H2,1-3H3;1-9,14,16-17,24-25H,10-13,15H2;3*1H. The van der Waals surface area contributed by atoms with E-state index < -0.39 is 25.6 Å². The normalized spacial score (nSPS) is 14.8. The second-order valence-electron chi connectivity index (χ2n) is 18.4. The molecule has 19 heteroatoms. The van der Waals surface area contributed by atoms with Crippen molar-refractivity contribution in [1.29, 1.82) is 0 Å². The second kappa shape index (κ2) is 22.6. The largest absolute Gasteiger partial charge is 0.444 e. The van der Waals surface area contributed by atoms with Crippen LogP contribution in [0.5, 0.6) is 0 Å². The van der Waals surface area contributed by atoms with Crippen LogP contribution in [-0.4, -0.2) is 91.1 Å². The molecule has 0 atom stereocenters. The topological polar surface area (TPSA) is 170 Å². The van der Waals surface area contributed by atoms with Gasteiger partial charge >= 0.3 is 6.09 Å². The average molecular weight is 1050 g/mol. The second-order valence-corrected chi connectivity index (χ2v) is 21.8. The lowest BCUT2D eigenvalue weighted by molar-refractivity contribution is 0.0188. The molecule has 0 spiro atoms. The molecular formula is C51H59Cl3N8O6S2. The third kappa shape index (κ3) is 11.8. The lowest BCUT2D eigenvalue weighted by atomic mass is 9.97. The van der Waals surface area contributed by atoms with E-state index >= 15 is 0 Å². The van der Waals surface area contributed by atoms with Crippen LogP contribution in [0.4, 0.5) is 16.2 Å². The van der Waals surface area contributed by atoms with Gasteiger partial charge in [-0.15, -0.1) is 37.2 Å². The number of piperidine rings is 2. The lowest BCUT2D eigenvalue weighted by Crippen LogP contribution is -2.42. The molecule has 0 saturated carbocycles. The Labute approximate surface area is 427 Å². The average Bonchev–Trinajstić information content (AvgIpc) is 3.98. The molecule has 14 nitrogen and oxygen atoms in total. The molecule has 2 saturated heterocycles. The van der Waals surface area contributed by atoms with Gasteiger partial charge in [0.05, 0.1) is 33.2 Å². The van der Waals surface area contributed by atoms with Crippen LogP contribution in [0.3, 0.4) is 0 Å². The van der Waals surface area contributed by atoms with E-state index in [1.807, 2.05) is 118 Å². The predicted octanol–water partition coefficient (Wildman–Crippen LogP) is 10.6. The molecule has 10 rings (SSSR count). The van der Waals surface area contributed by atoms with Gasteiger partial charge in [-0.3, -0.25) is 0 Å². The zero-order valence-electron chi connectivity index (χ0n) is 39.2. The van der Waals surface area contributed by atoms with Crippen LogP contribution in [0.15, 0.2) is 144 Å². The maximum atomic E-state index is 13.6. The van der Waals surface area contributed by atoms with Gasteiger partial charge in [-0.25, -0.2) is 4.79 Å². The summed E-state index contributed by atoms with van der Waals surface area (Å²) in [5, 5.41) is 23.5. The van der Waals surface area contributed by atoms with Crippen molar-refractivity contribution in [3.8, 4) is 0 Å². The molecule has 0 unspecified atom stereocenters. The maximum Gasteiger partial charge on any atom is 0.410 e. The Hall–Kier alpha value is -5.62. The van der Waals surface area contributed by atoms with Crippen molar-refractivity contribution in [2.75, 3.05) is 49.9 Å². The van der Waals surface area contributed by atoms with E-state index in [-0.39, 0.29) is 53.1 Å². The Bertz CT molecular complexity index is 3300. The molecule has 4 heterocycles. The molecule has 70 heavy (non-hydrogen) atoms. The van der Waals surface area contributed by atoms with Crippen LogP contribution in [0.2, 0.25) is 0 Å². The molecule has 372 valence electrons. The predicted molar refractivity (Wildman–Crippen MR) is 287 cm³/mol. The number of carbonyl (C=O) groups excluding carboxylic acids is 1. The van der Waals surface area contributed by atoms with Gasteiger partial charge in [0, 0.05) is 59.1 Å². The Morgan fingerprint density at radius 2 is 1.03 bits per heavy atom. The highest BCUT2D eigenvalue weighted by Crippen LogP contribution is 2.31. The Kier molecular flexibility index (Phi) is 17.4. The van der Waals surface area contributed by atoms with E-state index in [0.717, 1.165) is 93.0 Å². The highest BCUT2D eigenvalue weighted by atomic mass is 35.5. The van der Waals surface area contributed by atoms with Crippen LogP contribution in [-0.2, 0) is 24.8 Å². The molecule has 0 bridgehead atoms. The molecule has 2 fully saturated rings. The van der Waals surface area contributed by atoms with Crippen molar-refractivity contribution in [2.45, 2.75) is 61.8 Å². The molecule has 8 aromatic rings. The van der Waals surface area contributed by atoms with E-state index in [4.69, 9.17) is 4.74 Å². The molecule has 2 aliphatic heterocycles. The molecule has 0 radical (unpaired) electrons. The number of hydrogen-bond donors (Lipinski definition) is 3. The fourth-order valence-corrected chi connectivity index (χ4v) is 11.9. The van der Waals surface area contributed by atoms with Crippen LogP contribution >= 0.6 is 37.2 Å². The van der Waals surface area contributed by atoms with E-state index in [1.54, 1.807) is 41.6 Å². The molecule has 6 aromatic carbocycles. The molecule has 2 aliphatic rings. The Morgan fingerprint density at radius 3 is 1.49 bits per heavy atom. The first kappa shape index (κ1) is 53.7. The summed E-state index contributed by atoms with van der Waals surface area (Å²) in [6, 6.07) is 37.0. The minimum absolute atomic E-state index is 0. The maximum absolute atomic E-state index is 13.6. The number of aromatic nitrogens is 4. The summed E-state index contributed by atoms with van der Waals surface area (Å²) in [5.41, 5.74) is 2.35. The van der Waals surface area contributed by atoms with Crippen molar-refractivity contribution < 1.29 is 26.4 Å². The monoisotopic (exact) mass is 1050 g/mol. The first-order valence-electron chi connectivity index (χ1n) is 22.8. The highest BCUT2D eigenvalue weighted by molar-refractivity contribution is 7.90. The van der Waals surface area contributed by atoms with Gasteiger partial charge in [-0.2, -0.15) is 35.2 Å². The number of nitrogens with zero attached hydrogens (tertiary/aromatic N) is 5. The number of nitrogens with one attached hydrogen (secondary N) is 3. The zero-order valence-corrected chi connectivity index (χ0v) is 43.2. The van der Waals surface area contributed by atoms with Crippen LogP contribution in [0.1, 0.15) is 46.5 Å². The number of benzene rings is 6. The SMILES string of the molecule is CC(C)(C)OC(=O)N1CCC(CNc2ccc3cnn(S(=O)(=O)c4cccc5ccccc45)c3c2)CC1.Cl.Cl.Cl.O=S(=O)(c1cccc2ccccc12)n1ncc2ccc(NCC3CCNCC3)cc21. The summed E-state index contributed by atoms with van der Waals surface area (Å²) in [7, 11) is -7.73. The van der Waals surface area contributed by atoms with Gasteiger partial charge in [-0.1, -0.05) is 72.8 Å². The summed E-state index contributed by atoms with van der Waals surface area (Å²) in [6.45, 7) is 10.7. The smallest absolute Gasteiger partial charge is 0.410 e. The van der Waals surface area contributed by atoms with Gasteiger partial charge in [0.15, 0.2) is 0 Å². The Morgan fingerprint density at radius 1 is 0.600 bits per heavy atom. The third-order valence-corrected chi connectivity index (χ3v) is 15.8. The number of carbonyl (C=O) groups is 1. The fourth-order valence-electron chi connectivity index (χ4n) is 8.88. The number of rotatable bonds is 10. The molecule has 3 N–H and O–H groups in total. The van der Waals surface area contributed by atoms with Gasteiger partial charge < -0.3 is 25.6 Å². The zero-order chi connectivity index (χ0) is 46.8. The van der Waals surface area contributed by atoms with Crippen molar-refractivity contribution in [3.63, 3.8) is 0 Å². The van der Waals surface area contributed by atoms with Crippen molar-refractivity contribution in [3.05, 3.63) is 134 Å². The number of fused-ring (bicyclic) bond motifs is 4. The number of halogens is 3. The third-order valence-electron chi connectivity index (χ3n) is 12.5. The number of ether oxygens (including phenoxy) is 1. The molecular weight excluding hydrogens is 991 g/mol. The summed E-state index contributed by atoms with van der Waals surface area (Å²) in [6.07, 6.45) is 6.99. The summed E-state index contributed by atoms with van der Waals surface area (Å²) in [5.74, 6) is 1.03. The number of likely N-dealkylation sites (tertiary alicyclic amines) is 1. The molecule has 0 aliphatic carbocycles. The van der Waals surface area contributed by atoms with E-state index in [9.17, 15) is 21.6 Å². The first-order chi connectivity index (χ1) is 32.2. The summed E-state index contributed by atoms with van der Waals surface area (Å²) >= 11 is 0. The Balaban J connectivity index is 0.000000224. The minimum Gasteiger partial charge on any atom is -0.444 e. The molecule has 2 aromatic heterocycles. The van der Waals surface area contributed by atoms with Gasteiger partial charge in [-0.05, 0) is 131 Å². The van der Waals surface area contributed by atoms with Crippen LogP contribution in [0.25, 0.3) is 43.4 Å². The number of anilines is 2. The number of amides is 1. The lowest BCUT2D eigenvalue weighted by Gasteiger charge is -2.33. The highest BCUT2D eigenvalue weighted by Gasteiger charge is 2.28. The van der Waals surface area contributed by atoms with Crippen LogP contribution < -0.4 is 16.0 Å². The van der Waals surface area contributed by atoms with Crippen LogP contribution in [0, 0.1) is 11.8 Å². The molecule has 1 amide bonds. The van der Waals surface area contributed by atoms with Crippen molar-refractivity contribution in [1.82, 2.24) is 28.6 Å².